The van der Waals surface area contributed by atoms with Gasteiger partial charge >= 0.3 is 0 Å². The van der Waals surface area contributed by atoms with Gasteiger partial charge in [-0.15, -0.1) is 0 Å². The minimum atomic E-state index is -2.29. The molecule has 0 aliphatic carbocycles. The van der Waals surface area contributed by atoms with Crippen LogP contribution >= 0.6 is 0 Å². The fourth-order valence-corrected chi connectivity index (χ4v) is 1.22. The molecule has 0 amide bonds. The number of aromatic hydroxyl groups is 1. The van der Waals surface area contributed by atoms with Crippen molar-refractivity contribution in [2.24, 2.45) is 0 Å². The summed E-state index contributed by atoms with van der Waals surface area (Å²) in [4.78, 5) is 0. The van der Waals surface area contributed by atoms with E-state index in [9.17, 15) is 43.9 Å². The van der Waals surface area contributed by atoms with Crippen LogP contribution in [0.15, 0.2) is 0 Å². The molecule has 12 heteroatoms. The van der Waals surface area contributed by atoms with Crippen LogP contribution in [0.5, 0.6) is 5.75 Å². The maximum Gasteiger partial charge on any atom is 0.206 e. The quantitative estimate of drug-likeness (QED) is 0.319. The van der Waals surface area contributed by atoms with E-state index in [4.69, 9.17) is 5.11 Å². The van der Waals surface area contributed by atoms with Gasteiger partial charge in [0.25, 0.3) is 0 Å². The molecule has 0 fully saturated rings. The molecule has 0 saturated carbocycles. The predicted molar refractivity (Wildman–Crippen MR) is 58.5 cm³/mol. The lowest BCUT2D eigenvalue weighted by molar-refractivity contribution is 0.325. The van der Waals surface area contributed by atoms with E-state index in [1.807, 2.05) is 0 Å². The fraction of sp³-hybridized carbons (Fsp3) is 0. The molecular weight excluding hydrogens is 364 g/mol. The third kappa shape index (κ3) is 3.16. The van der Waals surface area contributed by atoms with Crippen molar-refractivity contribution < 1.29 is 49.0 Å². The van der Waals surface area contributed by atoms with Gasteiger partial charge in [-0.1, -0.05) is 0 Å². The van der Waals surface area contributed by atoms with Gasteiger partial charge in [0.2, 0.25) is 34.9 Å². The van der Waals surface area contributed by atoms with Crippen LogP contribution in [-0.4, -0.2) is 5.11 Å². The molecule has 2 aromatic rings. The topological polar surface area (TPSA) is 46.2 Å². The SMILES string of the molecule is Nc1c(F)c(F)c(F)c(F)c1F.Oc1c(F)c(F)c(F)c(F)c1F. The summed E-state index contributed by atoms with van der Waals surface area (Å²) in [6.07, 6.45) is 0. The Balaban J connectivity index is 0.000000240. The molecule has 0 saturated heterocycles. The molecule has 132 valence electrons. The van der Waals surface area contributed by atoms with E-state index in [1.54, 1.807) is 0 Å². The number of anilines is 1. The Morgan fingerprint density at radius 1 is 0.417 bits per heavy atom. The Morgan fingerprint density at radius 2 is 0.625 bits per heavy atom. The first-order valence-corrected chi connectivity index (χ1v) is 5.40. The molecule has 0 spiro atoms. The number of hydrogen-bond acceptors (Lipinski definition) is 2. The molecule has 2 rings (SSSR count). The summed E-state index contributed by atoms with van der Waals surface area (Å²) in [7, 11) is 0. The van der Waals surface area contributed by atoms with Crippen LogP contribution in [0.1, 0.15) is 0 Å². The number of nitrogen functional groups attached to an aromatic ring is 1. The van der Waals surface area contributed by atoms with Crippen LogP contribution in [0, 0.1) is 58.2 Å². The van der Waals surface area contributed by atoms with Crippen LogP contribution < -0.4 is 5.73 Å². The van der Waals surface area contributed by atoms with Crippen LogP contribution in [0.2, 0.25) is 0 Å². The largest absolute Gasteiger partial charge is 0.503 e. The highest BCUT2D eigenvalue weighted by Gasteiger charge is 2.25. The second-order valence-corrected chi connectivity index (χ2v) is 3.90. The van der Waals surface area contributed by atoms with E-state index in [0.29, 0.717) is 0 Å². The van der Waals surface area contributed by atoms with Gasteiger partial charge in [-0.3, -0.25) is 0 Å². The third-order valence-corrected chi connectivity index (χ3v) is 2.43. The van der Waals surface area contributed by atoms with Crippen molar-refractivity contribution in [1.82, 2.24) is 0 Å². The molecule has 0 aliphatic heterocycles. The summed E-state index contributed by atoms with van der Waals surface area (Å²) in [6.45, 7) is 0. The summed E-state index contributed by atoms with van der Waals surface area (Å²) in [5.41, 5.74) is 3.19. The molecule has 0 radical (unpaired) electrons. The van der Waals surface area contributed by atoms with E-state index in [0.717, 1.165) is 0 Å². The molecule has 0 aliphatic rings. The number of halogens is 10. The number of phenols is 1. The monoisotopic (exact) mass is 367 g/mol. The lowest BCUT2D eigenvalue weighted by atomic mass is 10.2. The molecule has 0 atom stereocenters. The standard InChI is InChI=1S/C6H2F5N.C6HF5O/c2*7-1-2(8)4(10)6(12)5(11)3(1)9/h12H2;12H. The van der Waals surface area contributed by atoms with Gasteiger partial charge in [0.15, 0.2) is 29.0 Å². The maximum atomic E-state index is 12.3. The van der Waals surface area contributed by atoms with E-state index >= 15 is 0 Å². The summed E-state index contributed by atoms with van der Waals surface area (Å²) in [5, 5.41) is 8.30. The lowest BCUT2D eigenvalue weighted by Crippen LogP contribution is -2.05. The molecule has 24 heavy (non-hydrogen) atoms. The highest BCUT2D eigenvalue weighted by atomic mass is 19.2. The van der Waals surface area contributed by atoms with Gasteiger partial charge in [-0.2, -0.15) is 8.78 Å². The zero-order valence-electron chi connectivity index (χ0n) is 10.8. The third-order valence-electron chi connectivity index (χ3n) is 2.43. The normalized spacial score (nSPS) is 10.4. The summed E-state index contributed by atoms with van der Waals surface area (Å²) < 4.78 is 122. The second kappa shape index (κ2) is 6.84. The minimum Gasteiger partial charge on any atom is -0.503 e. The molecular formula is C12H3F10NO. The average molecular weight is 367 g/mol. The second-order valence-electron chi connectivity index (χ2n) is 3.90. The van der Waals surface area contributed by atoms with Crippen molar-refractivity contribution in [3.8, 4) is 5.75 Å². The van der Waals surface area contributed by atoms with E-state index in [2.05, 4.69) is 5.73 Å². The van der Waals surface area contributed by atoms with Crippen LogP contribution in [0.3, 0.4) is 0 Å². The molecule has 0 aromatic heterocycles. The Kier molecular flexibility index (Phi) is 5.53. The van der Waals surface area contributed by atoms with E-state index < -0.39 is 69.6 Å². The molecule has 0 unspecified atom stereocenters. The molecule has 0 heterocycles. The zero-order valence-corrected chi connectivity index (χ0v) is 10.8. The van der Waals surface area contributed by atoms with Gasteiger partial charge in [0.05, 0.1) is 0 Å². The number of benzene rings is 2. The van der Waals surface area contributed by atoms with Crippen molar-refractivity contribution in [2.45, 2.75) is 0 Å². The fourth-order valence-electron chi connectivity index (χ4n) is 1.22. The first-order chi connectivity index (χ1) is 10.9. The summed E-state index contributed by atoms with van der Waals surface area (Å²) in [5.74, 6) is -23.2. The minimum absolute atomic E-state index is 1.37. The number of rotatable bonds is 0. The lowest BCUT2D eigenvalue weighted by Gasteiger charge is -2.02. The van der Waals surface area contributed by atoms with Gasteiger partial charge < -0.3 is 10.8 Å². The molecule has 2 nitrogen and oxygen atoms in total. The maximum absolute atomic E-state index is 12.3. The van der Waals surface area contributed by atoms with Crippen LogP contribution in [0.4, 0.5) is 49.6 Å². The average Bonchev–Trinajstić information content (AvgIpc) is 2.58. The number of hydrogen-bond donors (Lipinski definition) is 2. The van der Waals surface area contributed by atoms with Crippen LogP contribution in [-0.2, 0) is 0 Å². The Hall–Kier alpha value is -2.66. The van der Waals surface area contributed by atoms with Gasteiger partial charge in [-0.05, 0) is 0 Å². The van der Waals surface area contributed by atoms with Gasteiger partial charge in [0, 0.05) is 0 Å². The van der Waals surface area contributed by atoms with Crippen molar-refractivity contribution in [2.75, 3.05) is 5.73 Å². The number of nitrogens with two attached hydrogens (primary N) is 1. The van der Waals surface area contributed by atoms with E-state index in [1.165, 1.54) is 0 Å². The number of phenolic OH excluding ortho intramolecular Hbond substituents is 1. The van der Waals surface area contributed by atoms with Crippen molar-refractivity contribution >= 4 is 5.69 Å². The molecule has 2 aromatic carbocycles. The summed E-state index contributed by atoms with van der Waals surface area (Å²) in [6, 6.07) is 0. The zero-order chi connectivity index (χ0) is 18.9. The van der Waals surface area contributed by atoms with E-state index in [-0.39, 0.29) is 0 Å². The van der Waals surface area contributed by atoms with Crippen molar-refractivity contribution in [3.05, 3.63) is 58.2 Å². The smallest absolute Gasteiger partial charge is 0.206 e. The Bertz CT molecular complexity index is 530. The first kappa shape index (κ1) is 19.4. The van der Waals surface area contributed by atoms with Crippen molar-refractivity contribution in [1.29, 1.82) is 0 Å². The predicted octanol–water partition coefficient (Wildman–Crippen LogP) is 4.05. The van der Waals surface area contributed by atoms with Crippen molar-refractivity contribution in [3.63, 3.8) is 0 Å². The highest BCUT2D eigenvalue weighted by molar-refractivity contribution is 5.42. The highest BCUT2D eigenvalue weighted by Crippen LogP contribution is 2.27. The molecule has 3 N–H and O–H groups in total. The Labute approximate surface area is 125 Å². The van der Waals surface area contributed by atoms with Gasteiger partial charge in [-0.25, -0.2) is 35.1 Å². The summed E-state index contributed by atoms with van der Waals surface area (Å²) >= 11 is 0. The van der Waals surface area contributed by atoms with Crippen LogP contribution in [0.25, 0.3) is 0 Å². The molecule has 0 bridgehead atoms. The van der Waals surface area contributed by atoms with Gasteiger partial charge in [0.1, 0.15) is 5.69 Å². The first-order valence-electron chi connectivity index (χ1n) is 5.40. The Morgan fingerprint density at radius 3 is 0.917 bits per heavy atom.